The summed E-state index contributed by atoms with van der Waals surface area (Å²) in [6.07, 6.45) is 1.28. The molecule has 2 rings (SSSR count). The minimum atomic E-state index is -0.951. The second-order valence-electron chi connectivity index (χ2n) is 4.90. The molecule has 1 heterocycles. The molecule has 6 heteroatoms. The fourth-order valence-corrected chi connectivity index (χ4v) is 2.68. The lowest BCUT2D eigenvalue weighted by Crippen LogP contribution is -2.41. The van der Waals surface area contributed by atoms with Crippen molar-refractivity contribution >= 4 is 11.9 Å². The Balaban J connectivity index is 2.21. The maximum atomic E-state index is 12.4. The number of carboxylic acids is 1. The van der Waals surface area contributed by atoms with E-state index >= 15 is 0 Å². The number of carbonyl (C=O) groups excluding carboxylic acids is 1. The van der Waals surface area contributed by atoms with Gasteiger partial charge in [-0.3, -0.25) is 4.79 Å². The van der Waals surface area contributed by atoms with Crippen LogP contribution in [0.1, 0.15) is 18.4 Å². The van der Waals surface area contributed by atoms with E-state index in [2.05, 4.69) is 0 Å². The molecule has 1 N–H and O–H groups in total. The second kappa shape index (κ2) is 6.47. The van der Waals surface area contributed by atoms with Crippen LogP contribution in [0.15, 0.2) is 18.2 Å². The summed E-state index contributed by atoms with van der Waals surface area (Å²) in [7, 11) is 3.05. The third kappa shape index (κ3) is 3.09. The molecular weight excluding hydrogens is 274 g/mol. The smallest absolute Gasteiger partial charge is 0.326 e. The first kappa shape index (κ1) is 15.2. The van der Waals surface area contributed by atoms with E-state index in [0.29, 0.717) is 36.4 Å². The Morgan fingerprint density at radius 1 is 1.29 bits per heavy atom. The molecule has 1 aromatic rings. The molecule has 0 spiro atoms. The van der Waals surface area contributed by atoms with Crippen LogP contribution >= 0.6 is 0 Å². The topological polar surface area (TPSA) is 76.1 Å². The van der Waals surface area contributed by atoms with E-state index in [0.717, 1.165) is 0 Å². The zero-order valence-corrected chi connectivity index (χ0v) is 12.2. The van der Waals surface area contributed by atoms with Gasteiger partial charge in [0.15, 0.2) is 0 Å². The van der Waals surface area contributed by atoms with Gasteiger partial charge in [0.2, 0.25) is 5.91 Å². The summed E-state index contributed by atoms with van der Waals surface area (Å²) in [5.41, 5.74) is 0.642. The minimum absolute atomic E-state index is 0.0664. The zero-order chi connectivity index (χ0) is 15.4. The molecule has 0 bridgehead atoms. The van der Waals surface area contributed by atoms with Gasteiger partial charge in [0, 0.05) is 12.1 Å². The van der Waals surface area contributed by atoms with Crippen LogP contribution in [0.25, 0.3) is 0 Å². The molecule has 21 heavy (non-hydrogen) atoms. The number of carbonyl (C=O) groups is 2. The highest BCUT2D eigenvalue weighted by Gasteiger charge is 2.34. The largest absolute Gasteiger partial charge is 0.496 e. The average molecular weight is 293 g/mol. The van der Waals surface area contributed by atoms with Crippen LogP contribution in [0.4, 0.5) is 0 Å². The number of hydrogen-bond acceptors (Lipinski definition) is 4. The van der Waals surface area contributed by atoms with Crippen LogP contribution < -0.4 is 9.47 Å². The number of amides is 1. The van der Waals surface area contributed by atoms with Crippen LogP contribution in [0.3, 0.4) is 0 Å². The normalized spacial score (nSPS) is 17.6. The van der Waals surface area contributed by atoms with Gasteiger partial charge in [0.25, 0.3) is 0 Å². The van der Waals surface area contributed by atoms with Crippen molar-refractivity contribution in [1.29, 1.82) is 0 Å². The molecule has 0 saturated carbocycles. The minimum Gasteiger partial charge on any atom is -0.496 e. The number of rotatable bonds is 5. The molecular formula is C15H19NO5. The molecule has 1 atom stereocenters. The molecule has 0 radical (unpaired) electrons. The number of benzene rings is 1. The van der Waals surface area contributed by atoms with Crippen LogP contribution in [-0.4, -0.2) is 48.7 Å². The summed E-state index contributed by atoms with van der Waals surface area (Å²) < 4.78 is 10.5. The number of likely N-dealkylation sites (tertiary alicyclic amines) is 1. The second-order valence-corrected chi connectivity index (χ2v) is 4.90. The molecule has 114 valence electrons. The lowest BCUT2D eigenvalue weighted by atomic mass is 10.1. The number of carboxylic acid groups (broad SMARTS) is 1. The van der Waals surface area contributed by atoms with Gasteiger partial charge in [-0.1, -0.05) is 6.07 Å². The van der Waals surface area contributed by atoms with Crippen LogP contribution in [0.5, 0.6) is 11.5 Å². The fourth-order valence-electron chi connectivity index (χ4n) is 2.68. The summed E-state index contributed by atoms with van der Waals surface area (Å²) in [6, 6.07) is 4.56. The zero-order valence-electron chi connectivity index (χ0n) is 12.2. The Bertz CT molecular complexity index is 521. The number of nitrogens with zero attached hydrogens (tertiary/aromatic N) is 1. The quantitative estimate of drug-likeness (QED) is 0.886. The third-order valence-electron chi connectivity index (χ3n) is 3.72. The summed E-state index contributed by atoms with van der Waals surface area (Å²) >= 11 is 0. The molecule has 1 saturated heterocycles. The molecule has 1 aliphatic rings. The molecule has 1 fully saturated rings. The van der Waals surface area contributed by atoms with Gasteiger partial charge in [-0.25, -0.2) is 4.79 Å². The van der Waals surface area contributed by atoms with Crippen LogP contribution in [-0.2, 0) is 16.0 Å². The van der Waals surface area contributed by atoms with Crippen molar-refractivity contribution in [1.82, 2.24) is 4.90 Å². The molecule has 1 aromatic carbocycles. The van der Waals surface area contributed by atoms with Crippen molar-refractivity contribution in [3.8, 4) is 11.5 Å². The summed E-state index contributed by atoms with van der Waals surface area (Å²) in [5.74, 6) is -0.0434. The number of methoxy groups -OCH3 is 2. The molecule has 1 aliphatic heterocycles. The Morgan fingerprint density at radius 3 is 2.43 bits per heavy atom. The predicted molar refractivity (Wildman–Crippen MR) is 75.6 cm³/mol. The molecule has 1 amide bonds. The SMILES string of the molecule is COc1cccc(OC)c1CC(=O)N1CCC[C@@H]1C(=O)O. The number of aliphatic carboxylic acids is 1. The average Bonchev–Trinajstić information content (AvgIpc) is 2.97. The summed E-state index contributed by atoms with van der Waals surface area (Å²) in [5, 5.41) is 9.16. The van der Waals surface area contributed by atoms with Gasteiger partial charge in [0.05, 0.1) is 20.6 Å². The van der Waals surface area contributed by atoms with E-state index in [1.807, 2.05) is 0 Å². The van der Waals surface area contributed by atoms with Crippen LogP contribution in [0.2, 0.25) is 0 Å². The Hall–Kier alpha value is -2.24. The van der Waals surface area contributed by atoms with Crippen molar-refractivity contribution < 1.29 is 24.2 Å². The van der Waals surface area contributed by atoms with Crippen molar-refractivity contribution in [2.45, 2.75) is 25.3 Å². The first-order valence-electron chi connectivity index (χ1n) is 6.80. The lowest BCUT2D eigenvalue weighted by molar-refractivity contribution is -0.148. The van der Waals surface area contributed by atoms with Gasteiger partial charge in [-0.15, -0.1) is 0 Å². The van der Waals surface area contributed by atoms with Gasteiger partial charge in [-0.05, 0) is 25.0 Å². The summed E-state index contributed by atoms with van der Waals surface area (Å²) in [6.45, 7) is 0.479. The Morgan fingerprint density at radius 2 is 1.90 bits per heavy atom. The fraction of sp³-hybridized carbons (Fsp3) is 0.467. The van der Waals surface area contributed by atoms with Crippen LogP contribution in [0, 0.1) is 0 Å². The highest BCUT2D eigenvalue weighted by Crippen LogP contribution is 2.30. The van der Waals surface area contributed by atoms with Gasteiger partial charge in [0.1, 0.15) is 17.5 Å². The molecule has 6 nitrogen and oxygen atoms in total. The third-order valence-corrected chi connectivity index (χ3v) is 3.72. The van der Waals surface area contributed by atoms with Crippen molar-refractivity contribution in [2.75, 3.05) is 20.8 Å². The Kier molecular flexibility index (Phi) is 4.67. The summed E-state index contributed by atoms with van der Waals surface area (Å²) in [4.78, 5) is 25.0. The van der Waals surface area contributed by atoms with E-state index in [1.54, 1.807) is 18.2 Å². The monoisotopic (exact) mass is 293 g/mol. The van der Waals surface area contributed by atoms with E-state index in [-0.39, 0.29) is 12.3 Å². The standard InChI is InChI=1S/C15H19NO5/c1-20-12-6-3-7-13(21-2)10(12)9-14(17)16-8-4-5-11(16)15(18)19/h3,6-7,11H,4-5,8-9H2,1-2H3,(H,18,19)/t11-/m1/s1. The van der Waals surface area contributed by atoms with E-state index in [9.17, 15) is 9.59 Å². The first-order valence-corrected chi connectivity index (χ1v) is 6.80. The highest BCUT2D eigenvalue weighted by atomic mass is 16.5. The molecule has 0 unspecified atom stereocenters. The maximum Gasteiger partial charge on any atom is 0.326 e. The van der Waals surface area contributed by atoms with E-state index in [1.165, 1.54) is 19.1 Å². The lowest BCUT2D eigenvalue weighted by Gasteiger charge is -2.22. The van der Waals surface area contributed by atoms with E-state index < -0.39 is 12.0 Å². The molecule has 0 aromatic heterocycles. The number of hydrogen-bond donors (Lipinski definition) is 1. The molecule has 0 aliphatic carbocycles. The first-order chi connectivity index (χ1) is 10.1. The van der Waals surface area contributed by atoms with Gasteiger partial charge in [-0.2, -0.15) is 0 Å². The predicted octanol–water partition coefficient (Wildman–Crippen LogP) is 1.32. The van der Waals surface area contributed by atoms with E-state index in [4.69, 9.17) is 14.6 Å². The van der Waals surface area contributed by atoms with Crippen molar-refractivity contribution in [3.63, 3.8) is 0 Å². The van der Waals surface area contributed by atoms with Gasteiger partial charge < -0.3 is 19.5 Å². The Labute approximate surface area is 123 Å². The van der Waals surface area contributed by atoms with Crippen molar-refractivity contribution in [2.24, 2.45) is 0 Å². The van der Waals surface area contributed by atoms with Crippen molar-refractivity contribution in [3.05, 3.63) is 23.8 Å². The van der Waals surface area contributed by atoms with Gasteiger partial charge >= 0.3 is 5.97 Å². The highest BCUT2D eigenvalue weighted by molar-refractivity contribution is 5.86. The number of ether oxygens (including phenoxy) is 2. The maximum absolute atomic E-state index is 12.4.